The van der Waals surface area contributed by atoms with Crippen LogP contribution in [0.25, 0.3) is 0 Å². The van der Waals surface area contributed by atoms with Crippen LogP contribution in [0.2, 0.25) is 0 Å². The lowest BCUT2D eigenvalue weighted by Crippen LogP contribution is -2.50. The average Bonchev–Trinajstić information content (AvgIpc) is 2.94. The third-order valence-corrected chi connectivity index (χ3v) is 8.16. The first kappa shape index (κ1) is 40.5. The van der Waals surface area contributed by atoms with E-state index in [0.717, 1.165) is 44.9 Å². The van der Waals surface area contributed by atoms with Crippen molar-refractivity contribution in [3.05, 3.63) is 36.5 Å². The Balaban J connectivity index is 4.05. The molecule has 8 heteroatoms. The van der Waals surface area contributed by atoms with Crippen molar-refractivity contribution in [2.24, 2.45) is 0 Å². The Labute approximate surface area is 258 Å². The van der Waals surface area contributed by atoms with Crippen molar-refractivity contribution < 1.29 is 28.0 Å². The predicted octanol–water partition coefficient (Wildman–Crippen LogP) is 7.98. The summed E-state index contributed by atoms with van der Waals surface area (Å²) >= 11 is 0. The minimum absolute atomic E-state index is 0.266. The molecule has 0 fully saturated rings. The van der Waals surface area contributed by atoms with Crippen molar-refractivity contribution in [1.82, 2.24) is 5.32 Å². The molecule has 0 aromatic heterocycles. The molecule has 4 N–H and O–H groups in total. The van der Waals surface area contributed by atoms with E-state index in [1.54, 1.807) is 6.08 Å². The summed E-state index contributed by atoms with van der Waals surface area (Å²) in [6, 6.07) is -1.25. The van der Waals surface area contributed by atoms with Gasteiger partial charge in [-0.05, 0) is 51.4 Å². The van der Waals surface area contributed by atoms with Crippen LogP contribution in [0, 0.1) is 0 Å². The fourth-order valence-electron chi connectivity index (χ4n) is 4.77. The molecule has 246 valence electrons. The molecule has 0 aromatic rings. The zero-order chi connectivity index (χ0) is 31.3. The Morgan fingerprint density at radius 1 is 0.643 bits per heavy atom. The quantitative estimate of drug-likeness (QED) is 0.0385. The second-order valence-corrected chi connectivity index (χ2v) is 13.1. The van der Waals surface area contributed by atoms with Crippen LogP contribution in [0.15, 0.2) is 36.5 Å². The second-order valence-electron chi connectivity index (χ2n) is 11.6. The lowest BCUT2D eigenvalue weighted by molar-refractivity contribution is -0.130. The summed E-state index contributed by atoms with van der Waals surface area (Å²) in [6.07, 6.45) is 32.4. The van der Waals surface area contributed by atoms with E-state index >= 15 is 0 Å². The Hall–Kier alpha value is -1.48. The van der Waals surface area contributed by atoms with Crippen LogP contribution < -0.4 is 5.32 Å². The van der Waals surface area contributed by atoms with Crippen molar-refractivity contribution in [1.29, 1.82) is 0 Å². The maximum atomic E-state index is 12.4. The number of carbonyl (C=O) groups is 1. The largest absolute Gasteiger partial charge is 0.387 e. The van der Waals surface area contributed by atoms with Gasteiger partial charge >= 0.3 is 0 Å². The van der Waals surface area contributed by atoms with Crippen molar-refractivity contribution >= 4 is 16.0 Å². The van der Waals surface area contributed by atoms with Crippen molar-refractivity contribution in [2.75, 3.05) is 5.75 Å². The molecular weight excluding hydrogens is 550 g/mol. The fourth-order valence-corrected chi connectivity index (χ4v) is 5.50. The molecule has 0 spiro atoms. The maximum Gasteiger partial charge on any atom is 0.267 e. The average molecular weight is 614 g/mol. The molecule has 0 aliphatic heterocycles. The van der Waals surface area contributed by atoms with Gasteiger partial charge in [-0.2, -0.15) is 8.42 Å². The minimum Gasteiger partial charge on any atom is -0.387 e. The maximum absolute atomic E-state index is 12.4. The Morgan fingerprint density at radius 2 is 1.12 bits per heavy atom. The number of amides is 1. The number of carbonyl (C=O) groups excluding carboxylic acids is 1. The summed E-state index contributed by atoms with van der Waals surface area (Å²) in [5.41, 5.74) is 0. The van der Waals surface area contributed by atoms with Crippen molar-refractivity contribution in [3.63, 3.8) is 0 Å². The highest BCUT2D eigenvalue weighted by atomic mass is 32.2. The van der Waals surface area contributed by atoms with Crippen LogP contribution in [-0.2, 0) is 14.9 Å². The van der Waals surface area contributed by atoms with Gasteiger partial charge in [-0.1, -0.05) is 134 Å². The van der Waals surface area contributed by atoms with E-state index in [-0.39, 0.29) is 6.42 Å². The van der Waals surface area contributed by atoms with E-state index < -0.39 is 40.0 Å². The van der Waals surface area contributed by atoms with E-state index in [9.17, 15) is 28.0 Å². The van der Waals surface area contributed by atoms with Gasteiger partial charge in [0, 0.05) is 0 Å². The molecule has 0 heterocycles. The van der Waals surface area contributed by atoms with E-state index in [1.807, 2.05) is 6.08 Å². The standard InChI is InChI=1S/C34H63NO6S/c1-3-5-7-9-11-12-13-14-15-16-17-18-19-20-21-23-25-27-29-33(37)34(38)35-31(30-42(39,40)41)32(36)28-26-24-22-10-8-6-4-2/h8,10,16-17,26,28,31-33,36-37H,3-7,9,11-15,18-25,27,29-30H2,1-2H3,(H,35,38)(H,39,40,41)/b10-8+,17-16-,28-26+. The van der Waals surface area contributed by atoms with Gasteiger partial charge in [-0.25, -0.2) is 0 Å². The second kappa shape index (κ2) is 28.3. The molecule has 0 rings (SSSR count). The lowest BCUT2D eigenvalue weighted by Gasteiger charge is -2.22. The molecule has 0 bridgehead atoms. The highest BCUT2D eigenvalue weighted by Crippen LogP contribution is 2.13. The van der Waals surface area contributed by atoms with Gasteiger partial charge in [-0.15, -0.1) is 0 Å². The molecule has 0 aromatic carbocycles. The van der Waals surface area contributed by atoms with Crippen LogP contribution in [0.3, 0.4) is 0 Å². The van der Waals surface area contributed by atoms with Gasteiger partial charge in [-0.3, -0.25) is 9.35 Å². The molecule has 42 heavy (non-hydrogen) atoms. The molecule has 7 nitrogen and oxygen atoms in total. The van der Waals surface area contributed by atoms with Gasteiger partial charge in [0.1, 0.15) is 6.10 Å². The summed E-state index contributed by atoms with van der Waals surface area (Å²) in [7, 11) is -4.44. The number of hydrogen-bond acceptors (Lipinski definition) is 5. The molecule has 0 aliphatic carbocycles. The number of aliphatic hydroxyl groups excluding tert-OH is 2. The van der Waals surface area contributed by atoms with Crippen LogP contribution >= 0.6 is 0 Å². The summed E-state index contributed by atoms with van der Waals surface area (Å²) < 4.78 is 32.1. The van der Waals surface area contributed by atoms with Gasteiger partial charge in [0.15, 0.2) is 0 Å². The number of rotatable bonds is 29. The Kier molecular flexibility index (Phi) is 27.3. The zero-order valence-electron chi connectivity index (χ0n) is 26.7. The topological polar surface area (TPSA) is 124 Å². The van der Waals surface area contributed by atoms with Gasteiger partial charge in [0.2, 0.25) is 5.91 Å². The highest BCUT2D eigenvalue weighted by molar-refractivity contribution is 7.85. The molecule has 0 saturated carbocycles. The van der Waals surface area contributed by atoms with Crippen LogP contribution in [0.4, 0.5) is 0 Å². The first-order valence-electron chi connectivity index (χ1n) is 16.8. The molecule has 0 radical (unpaired) electrons. The van der Waals surface area contributed by atoms with E-state index in [4.69, 9.17) is 0 Å². The third-order valence-electron chi connectivity index (χ3n) is 7.38. The lowest BCUT2D eigenvalue weighted by atomic mass is 10.0. The van der Waals surface area contributed by atoms with Crippen molar-refractivity contribution in [3.8, 4) is 0 Å². The summed E-state index contributed by atoms with van der Waals surface area (Å²) in [4.78, 5) is 12.4. The van der Waals surface area contributed by atoms with Crippen molar-refractivity contribution in [2.45, 2.75) is 167 Å². The number of nitrogens with one attached hydrogen (secondary N) is 1. The zero-order valence-corrected chi connectivity index (χ0v) is 27.5. The number of unbranched alkanes of at least 4 members (excludes halogenated alkanes) is 16. The van der Waals surface area contributed by atoms with Gasteiger partial charge in [0.05, 0.1) is 17.9 Å². The molecule has 3 unspecified atom stereocenters. The van der Waals surface area contributed by atoms with Crippen LogP contribution in [0.1, 0.15) is 149 Å². The monoisotopic (exact) mass is 613 g/mol. The first-order valence-corrected chi connectivity index (χ1v) is 18.4. The predicted molar refractivity (Wildman–Crippen MR) is 176 cm³/mol. The summed E-state index contributed by atoms with van der Waals surface area (Å²) in [5, 5.41) is 23.1. The number of aliphatic hydroxyl groups is 2. The normalized spacial score (nSPS) is 14.7. The molecule has 3 atom stereocenters. The SMILES string of the molecule is CCC/C=C/CC/C=C/C(O)C(CS(=O)(=O)O)NC(=O)C(O)CCCCCCCC/C=C\CCCCCCCCCC. The van der Waals surface area contributed by atoms with E-state index in [2.05, 4.69) is 37.4 Å². The van der Waals surface area contributed by atoms with Gasteiger partial charge in [0.25, 0.3) is 10.1 Å². The van der Waals surface area contributed by atoms with Crippen LogP contribution in [-0.4, -0.2) is 53.1 Å². The Bertz CT molecular complexity index is 824. The molecule has 0 aliphatic rings. The highest BCUT2D eigenvalue weighted by Gasteiger charge is 2.27. The summed E-state index contributed by atoms with van der Waals surface area (Å²) in [5.74, 6) is -1.57. The smallest absolute Gasteiger partial charge is 0.267 e. The molecular formula is C34H63NO6S. The Morgan fingerprint density at radius 3 is 1.67 bits per heavy atom. The van der Waals surface area contributed by atoms with Crippen LogP contribution in [0.5, 0.6) is 0 Å². The minimum atomic E-state index is -4.44. The fraction of sp³-hybridized carbons (Fsp3) is 0.794. The van der Waals surface area contributed by atoms with E-state index in [0.29, 0.717) is 12.8 Å². The molecule has 0 saturated heterocycles. The van der Waals surface area contributed by atoms with Gasteiger partial charge < -0.3 is 15.5 Å². The first-order chi connectivity index (χ1) is 20.2. The molecule has 1 amide bonds. The number of allylic oxidation sites excluding steroid dienone is 5. The number of hydrogen-bond donors (Lipinski definition) is 4. The third kappa shape index (κ3) is 27.4. The summed E-state index contributed by atoms with van der Waals surface area (Å²) in [6.45, 7) is 4.35. The van der Waals surface area contributed by atoms with E-state index in [1.165, 1.54) is 76.7 Å².